The van der Waals surface area contributed by atoms with Crippen molar-refractivity contribution in [1.29, 1.82) is 0 Å². The summed E-state index contributed by atoms with van der Waals surface area (Å²) in [6, 6.07) is 20.0. The fourth-order valence-electron chi connectivity index (χ4n) is 7.36. The SMILES string of the molecule is CSC(c1ncc(-c2ccc3c(c2)OC(c2ccc(Cl)s2)n2c-3cc3cc(C(CN)N=CC4CC(C)CN4)ccc32)[nH]1)C1CCCN1. The fourth-order valence-corrected chi connectivity index (χ4v) is 9.35. The number of nitrogens with two attached hydrogens (primary N) is 1. The summed E-state index contributed by atoms with van der Waals surface area (Å²) >= 11 is 9.85. The quantitative estimate of drug-likeness (QED) is 0.119. The summed E-state index contributed by atoms with van der Waals surface area (Å²) in [5.74, 6) is 2.52. The van der Waals surface area contributed by atoms with Gasteiger partial charge < -0.3 is 26.1 Å². The molecule has 244 valence electrons. The number of hydrogen-bond acceptors (Lipinski definition) is 8. The summed E-state index contributed by atoms with van der Waals surface area (Å²) in [5.41, 5.74) is 12.7. The lowest BCUT2D eigenvalue weighted by Crippen LogP contribution is -2.27. The Morgan fingerprint density at radius 2 is 2.11 bits per heavy atom. The number of rotatable bonds is 9. The summed E-state index contributed by atoms with van der Waals surface area (Å²) < 4.78 is 9.89. The second kappa shape index (κ2) is 13.1. The van der Waals surface area contributed by atoms with Crippen molar-refractivity contribution in [2.24, 2.45) is 16.6 Å². The van der Waals surface area contributed by atoms with E-state index >= 15 is 0 Å². The Morgan fingerprint density at radius 1 is 1.19 bits per heavy atom. The molecule has 6 unspecified atom stereocenters. The number of imidazole rings is 1. The zero-order valence-electron chi connectivity index (χ0n) is 26.6. The van der Waals surface area contributed by atoms with Gasteiger partial charge in [0.1, 0.15) is 11.6 Å². The average Bonchev–Trinajstić information content (AvgIpc) is 3.93. The van der Waals surface area contributed by atoms with Gasteiger partial charge in [0.2, 0.25) is 6.23 Å². The standard InChI is InChI=1S/C36H40ClN7OS2/c1-20-12-24(40-17-20)18-41-27(16-38)21-6-8-29-23(13-21)14-30-25-7-5-22(15-31(25)45-36(44(29)30)32-9-10-33(37)47-32)28-19-42-35(43-28)34(46-2)26-4-3-11-39-26/h5-10,13-15,18-20,24,26-27,34,36,39-40H,3-4,11-12,16-17,38H2,1-2H3,(H,42,43). The first kappa shape index (κ1) is 31.2. The van der Waals surface area contributed by atoms with Crippen LogP contribution in [0.5, 0.6) is 5.75 Å². The Labute approximate surface area is 288 Å². The molecular weight excluding hydrogens is 646 g/mol. The molecule has 0 amide bonds. The molecule has 5 aromatic rings. The largest absolute Gasteiger partial charge is 0.464 e. The molecule has 5 N–H and O–H groups in total. The van der Waals surface area contributed by atoms with Crippen molar-refractivity contribution < 1.29 is 4.74 Å². The summed E-state index contributed by atoms with van der Waals surface area (Å²) in [5, 5.41) is 8.61. The molecule has 47 heavy (non-hydrogen) atoms. The molecule has 0 bridgehead atoms. The van der Waals surface area contributed by atoms with E-state index in [1.54, 1.807) is 11.3 Å². The molecule has 3 aliphatic heterocycles. The maximum atomic E-state index is 6.86. The van der Waals surface area contributed by atoms with Gasteiger partial charge in [0.05, 0.1) is 43.6 Å². The van der Waals surface area contributed by atoms with Crippen molar-refractivity contribution >= 4 is 51.8 Å². The topological polar surface area (TPSA) is 105 Å². The van der Waals surface area contributed by atoms with Crippen molar-refractivity contribution in [2.75, 3.05) is 25.9 Å². The maximum Gasteiger partial charge on any atom is 0.212 e. The third kappa shape index (κ3) is 5.94. The Morgan fingerprint density at radius 3 is 2.85 bits per heavy atom. The lowest BCUT2D eigenvalue weighted by Gasteiger charge is -2.29. The van der Waals surface area contributed by atoms with E-state index in [9.17, 15) is 0 Å². The van der Waals surface area contributed by atoms with Crippen LogP contribution in [0.1, 0.15) is 60.0 Å². The van der Waals surface area contributed by atoms with Crippen molar-refractivity contribution in [3.63, 3.8) is 0 Å². The Hall–Kier alpha value is -3.12. The lowest BCUT2D eigenvalue weighted by molar-refractivity contribution is 0.177. The number of halogens is 1. The van der Waals surface area contributed by atoms with Gasteiger partial charge in [0.25, 0.3) is 0 Å². The first-order chi connectivity index (χ1) is 23.0. The van der Waals surface area contributed by atoms with Gasteiger partial charge >= 0.3 is 0 Å². The predicted molar refractivity (Wildman–Crippen MR) is 196 cm³/mol. The zero-order valence-corrected chi connectivity index (χ0v) is 29.0. The van der Waals surface area contributed by atoms with Crippen LogP contribution in [0.3, 0.4) is 0 Å². The third-order valence-corrected chi connectivity index (χ3v) is 12.1. The third-order valence-electron chi connectivity index (χ3n) is 9.76. The minimum Gasteiger partial charge on any atom is -0.464 e. The van der Waals surface area contributed by atoms with Gasteiger partial charge in [-0.15, -0.1) is 11.3 Å². The van der Waals surface area contributed by atoms with E-state index in [4.69, 9.17) is 32.0 Å². The number of H-pyrrole nitrogens is 1. The van der Waals surface area contributed by atoms with Crippen molar-refractivity contribution in [2.45, 2.75) is 55.8 Å². The van der Waals surface area contributed by atoms with Crippen LogP contribution in [0.2, 0.25) is 4.34 Å². The molecule has 11 heteroatoms. The van der Waals surface area contributed by atoms with Crippen LogP contribution in [0.25, 0.3) is 33.4 Å². The van der Waals surface area contributed by atoms with E-state index in [1.807, 2.05) is 24.0 Å². The molecule has 0 radical (unpaired) electrons. The van der Waals surface area contributed by atoms with Gasteiger partial charge in [-0.2, -0.15) is 11.8 Å². The lowest BCUT2D eigenvalue weighted by atomic mass is 10.0. The normalized spacial score (nSPS) is 23.7. The van der Waals surface area contributed by atoms with E-state index in [2.05, 4.69) is 88.1 Å². The minimum absolute atomic E-state index is 0.0959. The second-order valence-electron chi connectivity index (χ2n) is 13.0. The average molecular weight is 686 g/mol. The smallest absolute Gasteiger partial charge is 0.212 e. The summed E-state index contributed by atoms with van der Waals surface area (Å²) in [6.45, 7) is 4.83. The van der Waals surface area contributed by atoms with Gasteiger partial charge in [-0.25, -0.2) is 4.98 Å². The molecule has 0 aliphatic carbocycles. The van der Waals surface area contributed by atoms with E-state index in [1.165, 1.54) is 12.8 Å². The highest BCUT2D eigenvalue weighted by Gasteiger charge is 2.32. The Kier molecular flexibility index (Phi) is 8.66. The van der Waals surface area contributed by atoms with Crippen LogP contribution in [0, 0.1) is 5.92 Å². The predicted octanol–water partition coefficient (Wildman–Crippen LogP) is 7.58. The second-order valence-corrected chi connectivity index (χ2v) is 15.7. The molecule has 8 rings (SSSR count). The molecule has 2 saturated heterocycles. The number of aromatic amines is 1. The number of nitrogens with one attached hydrogen (secondary N) is 3. The van der Waals surface area contributed by atoms with Gasteiger partial charge in [-0.3, -0.25) is 9.56 Å². The maximum absolute atomic E-state index is 6.86. The number of hydrogen-bond donors (Lipinski definition) is 4. The van der Waals surface area contributed by atoms with Crippen LogP contribution >= 0.6 is 34.7 Å². The molecular formula is C36H40ClN7OS2. The van der Waals surface area contributed by atoms with E-state index in [-0.39, 0.29) is 12.3 Å². The number of thioether (sulfide) groups is 1. The monoisotopic (exact) mass is 685 g/mol. The van der Waals surface area contributed by atoms with E-state index in [0.29, 0.717) is 29.8 Å². The van der Waals surface area contributed by atoms with Gasteiger partial charge in [0, 0.05) is 41.4 Å². The summed E-state index contributed by atoms with van der Waals surface area (Å²) in [7, 11) is 0. The Balaban J connectivity index is 1.16. The van der Waals surface area contributed by atoms with Crippen LogP contribution in [0.4, 0.5) is 0 Å². The highest BCUT2D eigenvalue weighted by molar-refractivity contribution is 7.98. The number of benzene rings is 2. The molecule has 3 aliphatic rings. The van der Waals surface area contributed by atoms with E-state index < -0.39 is 0 Å². The first-order valence-corrected chi connectivity index (χ1v) is 19.0. The summed E-state index contributed by atoms with van der Waals surface area (Å²) in [4.78, 5) is 14.4. The van der Waals surface area contributed by atoms with E-state index in [0.717, 1.165) is 79.3 Å². The van der Waals surface area contributed by atoms with Crippen LogP contribution in [0.15, 0.2) is 65.8 Å². The molecule has 2 fully saturated rings. The fraction of sp³-hybridized carbons (Fsp3) is 0.389. The first-order valence-electron chi connectivity index (χ1n) is 16.5. The number of thiophene rings is 1. The highest BCUT2D eigenvalue weighted by Crippen LogP contribution is 2.47. The van der Waals surface area contributed by atoms with Crippen LogP contribution < -0.4 is 21.1 Å². The number of fused-ring (bicyclic) bond motifs is 5. The van der Waals surface area contributed by atoms with Gasteiger partial charge in [-0.05, 0) is 92.6 Å². The molecule has 3 aromatic heterocycles. The van der Waals surface area contributed by atoms with Crippen molar-refractivity contribution in [1.82, 2.24) is 25.2 Å². The van der Waals surface area contributed by atoms with Gasteiger partial charge in [0.15, 0.2) is 0 Å². The number of nitrogens with zero attached hydrogens (tertiary/aromatic N) is 3. The van der Waals surface area contributed by atoms with Crippen molar-refractivity contribution in [3.05, 3.63) is 81.4 Å². The molecule has 0 spiro atoms. The number of ether oxygens (including phenoxy) is 1. The van der Waals surface area contributed by atoms with Crippen molar-refractivity contribution in [3.8, 4) is 28.3 Å². The van der Waals surface area contributed by atoms with Crippen LogP contribution in [-0.2, 0) is 0 Å². The number of aromatic nitrogens is 3. The molecule has 0 saturated carbocycles. The van der Waals surface area contributed by atoms with Gasteiger partial charge in [-0.1, -0.05) is 30.7 Å². The summed E-state index contributed by atoms with van der Waals surface area (Å²) in [6.07, 6.45) is 9.32. The van der Waals surface area contributed by atoms with Crippen LogP contribution in [-0.4, -0.2) is 58.7 Å². The molecule has 2 aromatic carbocycles. The minimum atomic E-state index is -0.348. The zero-order chi connectivity index (χ0) is 32.1. The molecule has 6 atom stereocenters. The highest BCUT2D eigenvalue weighted by atomic mass is 35.5. The Bertz CT molecular complexity index is 1930. The molecule has 6 heterocycles. The molecule has 8 nitrogen and oxygen atoms in total. The number of aliphatic imine (C=N–C) groups is 1.